The van der Waals surface area contributed by atoms with Crippen molar-refractivity contribution < 1.29 is 17.6 Å². The summed E-state index contributed by atoms with van der Waals surface area (Å²) in [6, 6.07) is 8.76. The molecule has 2 heterocycles. The third-order valence-electron chi connectivity index (χ3n) is 3.53. The van der Waals surface area contributed by atoms with E-state index in [0.717, 1.165) is 6.20 Å². The van der Waals surface area contributed by atoms with Gasteiger partial charge >= 0.3 is 0 Å². The molecule has 122 valence electrons. The van der Waals surface area contributed by atoms with Crippen molar-refractivity contribution in [3.63, 3.8) is 0 Å². The van der Waals surface area contributed by atoms with E-state index in [0.29, 0.717) is 5.69 Å². The number of carbonyl (C=O) groups is 1. The van der Waals surface area contributed by atoms with Gasteiger partial charge in [-0.05, 0) is 36.4 Å². The highest BCUT2D eigenvalue weighted by Gasteiger charge is 2.40. The third kappa shape index (κ3) is 2.97. The number of nitrogens with zero attached hydrogens (tertiary/aromatic N) is 3. The van der Waals surface area contributed by atoms with Gasteiger partial charge in [0.1, 0.15) is 28.5 Å². The van der Waals surface area contributed by atoms with Crippen LogP contribution in [0.15, 0.2) is 47.5 Å². The maximum Gasteiger partial charge on any atom is 0.247 e. The second-order valence-electron chi connectivity index (χ2n) is 5.09. The van der Waals surface area contributed by atoms with Crippen LogP contribution in [0.2, 0.25) is 0 Å². The van der Waals surface area contributed by atoms with Crippen molar-refractivity contribution in [2.24, 2.45) is 0 Å². The number of hydrogen-bond donors (Lipinski definition) is 1. The number of nitriles is 1. The van der Waals surface area contributed by atoms with Crippen LogP contribution >= 0.6 is 0 Å². The number of β-lactam (4-membered cyclic amide) rings is 1. The smallest absolute Gasteiger partial charge is 0.247 e. The van der Waals surface area contributed by atoms with E-state index in [-0.39, 0.29) is 17.1 Å². The summed E-state index contributed by atoms with van der Waals surface area (Å²) in [5.74, 6) is -0.843. The molecule has 1 aliphatic heterocycles. The molecular formula is C15H11FN4O3S. The van der Waals surface area contributed by atoms with Gasteiger partial charge in [0.15, 0.2) is 0 Å². The Morgan fingerprint density at radius 2 is 1.96 bits per heavy atom. The number of halogens is 1. The Morgan fingerprint density at radius 3 is 2.50 bits per heavy atom. The van der Waals surface area contributed by atoms with Gasteiger partial charge in [0.2, 0.25) is 15.9 Å². The number of amides is 1. The first kappa shape index (κ1) is 16.0. The lowest BCUT2D eigenvalue weighted by atomic mass is 10.1. The SMILES string of the molecule is N#Cc1ccc(S(=O)(=O)N[C@@H]2CN(c3ccc(F)cc3)C2=O)cn1. The van der Waals surface area contributed by atoms with Gasteiger partial charge in [-0.3, -0.25) is 4.79 Å². The normalized spacial score (nSPS) is 17.2. The van der Waals surface area contributed by atoms with Crippen LogP contribution in [0, 0.1) is 17.1 Å². The van der Waals surface area contributed by atoms with Crippen LogP contribution in [-0.4, -0.2) is 31.9 Å². The van der Waals surface area contributed by atoms with Crippen molar-refractivity contribution in [1.82, 2.24) is 9.71 Å². The van der Waals surface area contributed by atoms with Gasteiger partial charge in [0.25, 0.3) is 0 Å². The summed E-state index contributed by atoms with van der Waals surface area (Å²) in [4.78, 5) is 17.0. The van der Waals surface area contributed by atoms with Gasteiger partial charge in [-0.25, -0.2) is 17.8 Å². The van der Waals surface area contributed by atoms with Crippen LogP contribution in [0.4, 0.5) is 10.1 Å². The van der Waals surface area contributed by atoms with Gasteiger partial charge in [0, 0.05) is 11.9 Å². The summed E-state index contributed by atoms with van der Waals surface area (Å²) in [5.41, 5.74) is 0.591. The molecule has 1 fully saturated rings. The highest BCUT2D eigenvalue weighted by Crippen LogP contribution is 2.23. The molecule has 2 aromatic rings. The summed E-state index contributed by atoms with van der Waals surface area (Å²) < 4.78 is 39.6. The lowest BCUT2D eigenvalue weighted by Gasteiger charge is -2.38. The van der Waals surface area contributed by atoms with E-state index in [4.69, 9.17) is 5.26 Å². The van der Waals surface area contributed by atoms with E-state index in [1.165, 1.54) is 41.3 Å². The average molecular weight is 346 g/mol. The molecule has 0 bridgehead atoms. The number of carbonyl (C=O) groups excluding carboxylic acids is 1. The number of nitrogens with one attached hydrogen (secondary N) is 1. The largest absolute Gasteiger partial charge is 0.309 e. The van der Waals surface area contributed by atoms with Gasteiger partial charge in [-0.15, -0.1) is 0 Å². The highest BCUT2D eigenvalue weighted by molar-refractivity contribution is 7.89. The monoisotopic (exact) mass is 346 g/mol. The Hall–Kier alpha value is -2.83. The first-order valence-corrected chi connectivity index (χ1v) is 8.34. The minimum atomic E-state index is -3.92. The summed E-state index contributed by atoms with van der Waals surface area (Å²) in [6.45, 7) is 0.146. The standard InChI is InChI=1S/C15H11FN4O3S/c16-10-1-4-12(5-2-10)20-9-14(15(20)21)19-24(22,23)13-6-3-11(7-17)18-8-13/h1-6,8,14,19H,9H2/t14-/m1/s1. The number of hydrogen-bond acceptors (Lipinski definition) is 5. The van der Waals surface area contributed by atoms with Crippen LogP contribution in [0.3, 0.4) is 0 Å². The van der Waals surface area contributed by atoms with Gasteiger partial charge in [-0.1, -0.05) is 0 Å². The number of rotatable bonds is 4. The molecule has 0 spiro atoms. The predicted molar refractivity (Wildman–Crippen MR) is 81.8 cm³/mol. The number of aromatic nitrogens is 1. The summed E-state index contributed by atoms with van der Waals surface area (Å²) in [6.07, 6.45) is 1.06. The van der Waals surface area contributed by atoms with Crippen molar-refractivity contribution in [2.75, 3.05) is 11.4 Å². The van der Waals surface area contributed by atoms with Crippen LogP contribution in [0.1, 0.15) is 5.69 Å². The quantitative estimate of drug-likeness (QED) is 0.824. The molecule has 1 aromatic heterocycles. The van der Waals surface area contributed by atoms with Crippen LogP contribution in [-0.2, 0) is 14.8 Å². The van der Waals surface area contributed by atoms with E-state index in [9.17, 15) is 17.6 Å². The molecule has 9 heteroatoms. The Labute approximate surface area is 137 Å². The zero-order valence-corrected chi connectivity index (χ0v) is 13.0. The fourth-order valence-corrected chi connectivity index (χ4v) is 3.35. The molecule has 0 unspecified atom stereocenters. The minimum absolute atomic E-state index is 0.0937. The Balaban J connectivity index is 1.69. The van der Waals surface area contributed by atoms with Crippen LogP contribution < -0.4 is 9.62 Å². The number of pyridine rings is 1. The lowest BCUT2D eigenvalue weighted by Crippen LogP contribution is -2.64. The minimum Gasteiger partial charge on any atom is -0.309 e. The highest BCUT2D eigenvalue weighted by atomic mass is 32.2. The van der Waals surface area contributed by atoms with Crippen molar-refractivity contribution in [3.05, 3.63) is 54.1 Å². The first-order chi connectivity index (χ1) is 11.4. The Kier molecular flexibility index (Phi) is 4.01. The Bertz CT molecular complexity index is 921. The third-order valence-corrected chi connectivity index (χ3v) is 4.98. The predicted octanol–water partition coefficient (Wildman–Crippen LogP) is 0.786. The van der Waals surface area contributed by atoms with Crippen LogP contribution in [0.5, 0.6) is 0 Å². The second-order valence-corrected chi connectivity index (χ2v) is 6.80. The fraction of sp³-hybridized carbons (Fsp3) is 0.133. The molecule has 1 aliphatic rings. The molecule has 24 heavy (non-hydrogen) atoms. The van der Waals surface area contributed by atoms with Crippen molar-refractivity contribution in [3.8, 4) is 6.07 Å². The molecule has 0 aliphatic carbocycles. The van der Waals surface area contributed by atoms with Crippen molar-refractivity contribution in [1.29, 1.82) is 5.26 Å². The second kappa shape index (κ2) is 5.99. The molecule has 7 nitrogen and oxygen atoms in total. The topological polar surface area (TPSA) is 103 Å². The number of sulfonamides is 1. The summed E-state index contributed by atoms with van der Waals surface area (Å²) >= 11 is 0. The fourth-order valence-electron chi connectivity index (χ4n) is 2.23. The number of anilines is 1. The van der Waals surface area contributed by atoms with Crippen molar-refractivity contribution in [2.45, 2.75) is 10.9 Å². The molecule has 0 radical (unpaired) electrons. The van der Waals surface area contributed by atoms with Gasteiger partial charge in [-0.2, -0.15) is 9.98 Å². The molecule has 1 atom stereocenters. The van der Waals surface area contributed by atoms with Gasteiger partial charge in [0.05, 0.1) is 6.54 Å². The first-order valence-electron chi connectivity index (χ1n) is 6.86. The molecule has 1 saturated heterocycles. The maximum absolute atomic E-state index is 12.9. The summed E-state index contributed by atoms with van der Waals surface area (Å²) in [5, 5.41) is 8.66. The zero-order valence-electron chi connectivity index (χ0n) is 12.2. The number of benzene rings is 1. The van der Waals surface area contributed by atoms with E-state index >= 15 is 0 Å². The average Bonchev–Trinajstić information content (AvgIpc) is 2.59. The maximum atomic E-state index is 12.9. The molecular weight excluding hydrogens is 335 g/mol. The van der Waals surface area contributed by atoms with E-state index in [2.05, 4.69) is 9.71 Å². The van der Waals surface area contributed by atoms with Gasteiger partial charge < -0.3 is 4.90 Å². The van der Waals surface area contributed by atoms with Crippen LogP contribution in [0.25, 0.3) is 0 Å². The Morgan fingerprint density at radius 1 is 1.25 bits per heavy atom. The van der Waals surface area contributed by atoms with E-state index in [1.807, 2.05) is 0 Å². The summed E-state index contributed by atoms with van der Waals surface area (Å²) in [7, 11) is -3.92. The molecule has 1 aromatic carbocycles. The molecule has 1 N–H and O–H groups in total. The molecule has 0 saturated carbocycles. The zero-order chi connectivity index (χ0) is 17.3. The lowest BCUT2D eigenvalue weighted by molar-refractivity contribution is -0.124. The molecule has 1 amide bonds. The van der Waals surface area contributed by atoms with Crippen molar-refractivity contribution >= 4 is 21.6 Å². The van der Waals surface area contributed by atoms with E-state index < -0.39 is 27.8 Å². The molecule has 3 rings (SSSR count). The van der Waals surface area contributed by atoms with E-state index in [1.54, 1.807) is 6.07 Å².